The van der Waals surface area contributed by atoms with Crippen molar-refractivity contribution in [1.82, 2.24) is 15.3 Å². The molecule has 11 nitrogen and oxygen atoms in total. The minimum absolute atomic E-state index is 0.0627. The maximum atomic E-state index is 14.8. The fraction of sp³-hybridized carbons (Fsp3) is 0.296. The number of likely N-dealkylation sites (N-methyl/N-ethyl adjacent to an activating group) is 1. The Labute approximate surface area is 245 Å². The van der Waals surface area contributed by atoms with E-state index in [1.54, 1.807) is 12.3 Å². The molecule has 1 aromatic heterocycles. The molecule has 0 fully saturated rings. The molecule has 1 amide bonds. The molecule has 4 rings (SSSR count). The number of fused-ring (bicyclic) bond motifs is 1. The van der Waals surface area contributed by atoms with Crippen molar-refractivity contribution in [1.29, 1.82) is 0 Å². The number of rotatable bonds is 6. The van der Waals surface area contributed by atoms with Gasteiger partial charge in [-0.3, -0.25) is 0 Å². The first-order chi connectivity index (χ1) is 19.4. The highest BCUT2D eigenvalue weighted by molar-refractivity contribution is 6.41. The number of benzene rings is 1. The summed E-state index contributed by atoms with van der Waals surface area (Å²) in [6, 6.07) is 3.25. The van der Waals surface area contributed by atoms with Gasteiger partial charge < -0.3 is 25.3 Å². The molecule has 2 atom stereocenters. The van der Waals surface area contributed by atoms with Crippen molar-refractivity contribution in [3.05, 3.63) is 75.1 Å². The number of allylic oxidation sites excluding steroid dienone is 1. The third-order valence-electron chi connectivity index (χ3n) is 6.38. The molecule has 216 valence electrons. The molecule has 14 heteroatoms. The van der Waals surface area contributed by atoms with Gasteiger partial charge in [-0.1, -0.05) is 43.1 Å². The Bertz CT molecular complexity index is 1540. The van der Waals surface area contributed by atoms with Crippen LogP contribution in [0, 0.1) is 11.7 Å². The molecule has 0 aliphatic carbocycles. The van der Waals surface area contributed by atoms with Crippen molar-refractivity contribution in [2.24, 2.45) is 16.6 Å². The summed E-state index contributed by atoms with van der Waals surface area (Å²) < 4.78 is 30.3. The number of nitrogens with one attached hydrogen (secondary N) is 1. The van der Waals surface area contributed by atoms with E-state index in [9.17, 15) is 14.0 Å². The number of carbonyl (C=O) groups is 2. The topological polar surface area (TPSA) is 138 Å². The van der Waals surface area contributed by atoms with Crippen molar-refractivity contribution in [2.75, 3.05) is 28.0 Å². The zero-order valence-electron chi connectivity index (χ0n) is 22.9. The van der Waals surface area contributed by atoms with E-state index in [0.717, 1.165) is 0 Å². The lowest BCUT2D eigenvalue weighted by Crippen LogP contribution is -2.50. The van der Waals surface area contributed by atoms with Gasteiger partial charge in [0.25, 0.3) is 0 Å². The number of nitrogens with zero attached hydrogens (tertiary/aromatic N) is 4. The largest absolute Gasteiger partial charge is 0.479 e. The van der Waals surface area contributed by atoms with E-state index in [1.807, 2.05) is 13.8 Å². The Morgan fingerprint density at radius 2 is 2.00 bits per heavy atom. The van der Waals surface area contributed by atoms with Crippen LogP contribution in [0.3, 0.4) is 0 Å². The molecule has 0 radical (unpaired) electrons. The Kier molecular flexibility index (Phi) is 8.66. The summed E-state index contributed by atoms with van der Waals surface area (Å²) in [6.07, 6.45) is 4.38. The number of hydrogen-bond acceptors (Lipinski definition) is 10. The third-order valence-corrected chi connectivity index (χ3v) is 6.96. The van der Waals surface area contributed by atoms with Crippen molar-refractivity contribution in [3.8, 4) is 11.9 Å². The van der Waals surface area contributed by atoms with Gasteiger partial charge in [-0.25, -0.2) is 24.0 Å². The zero-order chi connectivity index (χ0) is 30.1. The van der Waals surface area contributed by atoms with E-state index in [1.165, 1.54) is 45.7 Å². The zero-order valence-corrected chi connectivity index (χ0v) is 24.4. The lowest BCUT2D eigenvalue weighted by atomic mass is 9.87. The predicted molar refractivity (Wildman–Crippen MR) is 150 cm³/mol. The van der Waals surface area contributed by atoms with E-state index in [-0.39, 0.29) is 51.6 Å². The number of methoxy groups -OCH3 is 2. The summed E-state index contributed by atoms with van der Waals surface area (Å²) in [5.74, 6) is -2.34. The number of esters is 1. The normalized spacial score (nSPS) is 21.6. The molecular formula is C27H28Cl2FN6O5+. The average molecular weight is 606 g/mol. The Morgan fingerprint density at radius 3 is 2.63 bits per heavy atom. The Hall–Kier alpha value is -4.00. The number of amides is 1. The van der Waals surface area contributed by atoms with Gasteiger partial charge in [0.05, 0.1) is 49.9 Å². The lowest BCUT2D eigenvalue weighted by molar-refractivity contribution is -0.801. The number of quaternary nitrogens is 1. The summed E-state index contributed by atoms with van der Waals surface area (Å²) in [4.78, 5) is 39.3. The standard InChI is InChI=1S/C27H28Cl2FN6O5/c1-13(2)22(34-19-10-32-27(40-5)35-24(19)39-4)20-21(31)26(38)41-12-36(3)11-15(9-17(29)25(36)37)33-23(20)14-6-7-16(28)18(30)8-14/h6-11,13,23,33H,12,31H2,1-5H3/q+1. The van der Waals surface area contributed by atoms with Crippen LogP contribution in [0.25, 0.3) is 0 Å². The first kappa shape index (κ1) is 30.0. The van der Waals surface area contributed by atoms with Crippen molar-refractivity contribution < 1.29 is 32.7 Å². The van der Waals surface area contributed by atoms with Gasteiger partial charge in [-0.05, 0) is 29.7 Å². The van der Waals surface area contributed by atoms with E-state index >= 15 is 0 Å². The van der Waals surface area contributed by atoms with Crippen LogP contribution < -0.4 is 20.5 Å². The quantitative estimate of drug-likeness (QED) is 0.284. The minimum atomic E-state index is -0.993. The van der Waals surface area contributed by atoms with E-state index < -0.39 is 28.2 Å². The molecule has 2 aliphatic rings. The van der Waals surface area contributed by atoms with Crippen molar-refractivity contribution >= 4 is 46.5 Å². The second-order valence-corrected chi connectivity index (χ2v) is 10.5. The number of aromatic nitrogens is 2. The Morgan fingerprint density at radius 1 is 1.27 bits per heavy atom. The first-order valence-electron chi connectivity index (χ1n) is 12.3. The summed E-state index contributed by atoms with van der Waals surface area (Å²) in [6.45, 7) is 3.29. The summed E-state index contributed by atoms with van der Waals surface area (Å²) in [5, 5.41) is 3.09. The van der Waals surface area contributed by atoms with Gasteiger partial charge in [0.15, 0.2) is 0 Å². The van der Waals surface area contributed by atoms with E-state index in [0.29, 0.717) is 17.0 Å². The van der Waals surface area contributed by atoms with Gasteiger partial charge in [0.2, 0.25) is 12.6 Å². The summed E-state index contributed by atoms with van der Waals surface area (Å²) in [5.41, 5.74) is 7.66. The second kappa shape index (κ2) is 11.9. The van der Waals surface area contributed by atoms with Gasteiger partial charge in [-0.2, -0.15) is 9.47 Å². The highest BCUT2D eigenvalue weighted by Crippen LogP contribution is 2.36. The molecule has 0 saturated heterocycles. The molecule has 1 aromatic carbocycles. The van der Waals surface area contributed by atoms with Gasteiger partial charge >= 0.3 is 17.9 Å². The van der Waals surface area contributed by atoms with Gasteiger partial charge in [-0.15, -0.1) is 0 Å². The lowest BCUT2D eigenvalue weighted by Gasteiger charge is -2.34. The maximum absolute atomic E-state index is 14.8. The minimum Gasteiger partial charge on any atom is -0.479 e. The van der Waals surface area contributed by atoms with Crippen LogP contribution in [0.1, 0.15) is 25.5 Å². The molecule has 0 spiro atoms. The highest BCUT2D eigenvalue weighted by Gasteiger charge is 2.40. The number of hydrogen-bond donors (Lipinski definition) is 2. The van der Waals surface area contributed by atoms with Crippen LogP contribution in [-0.2, 0) is 14.3 Å². The van der Waals surface area contributed by atoms with Gasteiger partial charge in [0, 0.05) is 5.57 Å². The van der Waals surface area contributed by atoms with Gasteiger partial charge in [0.1, 0.15) is 28.4 Å². The monoisotopic (exact) mass is 605 g/mol. The number of aliphatic imine (C=N–C) groups is 1. The maximum Gasteiger partial charge on any atom is 0.364 e. The molecule has 41 heavy (non-hydrogen) atoms. The van der Waals surface area contributed by atoms with Crippen LogP contribution in [0.4, 0.5) is 10.1 Å². The molecule has 3 N–H and O–H groups in total. The Balaban J connectivity index is 2.01. The first-order valence-corrected chi connectivity index (χ1v) is 13.1. The highest BCUT2D eigenvalue weighted by atomic mass is 35.5. The number of nitrogens with two attached hydrogens (primary N) is 1. The van der Waals surface area contributed by atoms with Crippen molar-refractivity contribution in [3.63, 3.8) is 0 Å². The molecule has 2 aliphatic heterocycles. The van der Waals surface area contributed by atoms with Crippen LogP contribution in [0.15, 0.2) is 63.7 Å². The SMILES string of the molecule is COc1ncc(N=C(C2=C(N)C(=O)OC[N+]3(C)C=C(C=C(Cl)C3=O)NC2c2ccc(Cl)c(F)c2)C(C)C)c(OC)n1. The summed E-state index contributed by atoms with van der Waals surface area (Å²) in [7, 11) is 4.35. The van der Waals surface area contributed by atoms with E-state index in [4.69, 9.17) is 48.1 Å². The molecule has 3 heterocycles. The molecular weight excluding hydrogens is 578 g/mol. The number of cyclic esters (lactones) is 1. The molecule has 0 saturated carbocycles. The predicted octanol–water partition coefficient (Wildman–Crippen LogP) is 4.02. The average Bonchev–Trinajstić information content (AvgIpc) is 2.94. The third kappa shape index (κ3) is 6.04. The molecule has 2 unspecified atom stereocenters. The molecule has 2 aromatic rings. The summed E-state index contributed by atoms with van der Waals surface area (Å²) >= 11 is 12.3. The second-order valence-electron chi connectivity index (χ2n) is 9.69. The fourth-order valence-electron chi connectivity index (χ4n) is 4.32. The molecule has 2 bridgehead atoms. The van der Waals surface area contributed by atoms with E-state index in [2.05, 4.69) is 15.3 Å². The smallest absolute Gasteiger partial charge is 0.364 e. The van der Waals surface area contributed by atoms with Crippen LogP contribution in [0.5, 0.6) is 11.9 Å². The number of ether oxygens (including phenoxy) is 3. The van der Waals surface area contributed by atoms with Crippen LogP contribution in [0.2, 0.25) is 5.02 Å². The number of halogens is 3. The number of carbonyl (C=O) groups excluding carboxylic acids is 2. The van der Waals surface area contributed by atoms with Crippen LogP contribution >= 0.6 is 23.2 Å². The van der Waals surface area contributed by atoms with Crippen molar-refractivity contribution in [2.45, 2.75) is 19.9 Å². The van der Waals surface area contributed by atoms with Crippen LogP contribution in [-0.4, -0.2) is 60.0 Å². The fourth-order valence-corrected chi connectivity index (χ4v) is 4.75.